The van der Waals surface area contributed by atoms with Crippen molar-refractivity contribution in [3.63, 3.8) is 0 Å². The Morgan fingerprint density at radius 2 is 2.00 bits per heavy atom. The summed E-state index contributed by atoms with van der Waals surface area (Å²) in [5.41, 5.74) is 1.34. The highest BCUT2D eigenvalue weighted by atomic mass is 32.1. The summed E-state index contributed by atoms with van der Waals surface area (Å²) < 4.78 is 22.7. The van der Waals surface area contributed by atoms with Crippen LogP contribution in [0.4, 0.5) is 10.2 Å². The van der Waals surface area contributed by atoms with Crippen LogP contribution in [0.3, 0.4) is 0 Å². The molecule has 0 radical (unpaired) electrons. The highest BCUT2D eigenvalue weighted by Gasteiger charge is 2.22. The summed E-state index contributed by atoms with van der Waals surface area (Å²) >= 11 is 1.25. The normalized spacial score (nSPS) is 11.0. The van der Waals surface area contributed by atoms with Crippen LogP contribution in [0.25, 0.3) is 10.1 Å². The molecule has 2 heterocycles. The smallest absolute Gasteiger partial charge is 0.267 e. The van der Waals surface area contributed by atoms with Gasteiger partial charge in [0.25, 0.3) is 5.91 Å². The van der Waals surface area contributed by atoms with Gasteiger partial charge in [0.2, 0.25) is 0 Å². The van der Waals surface area contributed by atoms with Crippen molar-refractivity contribution >= 4 is 33.1 Å². The first-order valence-electron chi connectivity index (χ1n) is 8.72. The van der Waals surface area contributed by atoms with Crippen molar-refractivity contribution in [3.8, 4) is 5.75 Å². The molecule has 4 rings (SSSR count). The zero-order chi connectivity index (χ0) is 19.7. The van der Waals surface area contributed by atoms with E-state index in [4.69, 9.17) is 4.74 Å². The standard InChI is InChI=1S/C21H18FN3O2S/c1-13-11-18(25(2)24-13)23-21(26)20-15(12-27-14-7-4-3-5-8-14)19-16(22)9-6-10-17(19)28-20/h3-11H,12H2,1-2H3,(H,23,26). The third kappa shape index (κ3) is 3.48. The Morgan fingerprint density at radius 3 is 2.71 bits per heavy atom. The number of thiophene rings is 1. The number of rotatable bonds is 5. The van der Waals surface area contributed by atoms with Crippen LogP contribution >= 0.6 is 11.3 Å². The van der Waals surface area contributed by atoms with E-state index in [9.17, 15) is 9.18 Å². The number of carbonyl (C=O) groups is 1. The highest BCUT2D eigenvalue weighted by Crippen LogP contribution is 2.34. The summed E-state index contributed by atoms with van der Waals surface area (Å²) in [6.07, 6.45) is 0. The van der Waals surface area contributed by atoms with E-state index < -0.39 is 0 Å². The second kappa shape index (κ2) is 7.44. The molecule has 0 bridgehead atoms. The number of aryl methyl sites for hydroxylation is 2. The third-order valence-corrected chi connectivity index (χ3v) is 5.54. The first kappa shape index (κ1) is 18.2. The number of fused-ring (bicyclic) bond motifs is 1. The van der Waals surface area contributed by atoms with Gasteiger partial charge in [0, 0.05) is 28.8 Å². The zero-order valence-corrected chi connectivity index (χ0v) is 16.2. The van der Waals surface area contributed by atoms with Gasteiger partial charge in [-0.1, -0.05) is 24.3 Å². The Bertz CT molecular complexity index is 1150. The fourth-order valence-corrected chi connectivity index (χ4v) is 4.18. The minimum absolute atomic E-state index is 0.0954. The average Bonchev–Trinajstić information content (AvgIpc) is 3.21. The number of amides is 1. The van der Waals surface area contributed by atoms with E-state index in [-0.39, 0.29) is 18.3 Å². The Labute approximate surface area is 165 Å². The lowest BCUT2D eigenvalue weighted by Gasteiger charge is -2.09. The van der Waals surface area contributed by atoms with E-state index in [2.05, 4.69) is 10.4 Å². The molecular weight excluding hydrogens is 377 g/mol. The molecule has 7 heteroatoms. The van der Waals surface area contributed by atoms with Crippen LogP contribution in [0, 0.1) is 12.7 Å². The lowest BCUT2D eigenvalue weighted by atomic mass is 10.1. The van der Waals surface area contributed by atoms with E-state index in [1.165, 1.54) is 17.4 Å². The summed E-state index contributed by atoms with van der Waals surface area (Å²) in [5.74, 6) is 0.563. The molecule has 0 fully saturated rings. The van der Waals surface area contributed by atoms with Crippen molar-refractivity contribution in [2.75, 3.05) is 5.32 Å². The fraction of sp³-hybridized carbons (Fsp3) is 0.143. The fourth-order valence-electron chi connectivity index (χ4n) is 3.06. The lowest BCUT2D eigenvalue weighted by Crippen LogP contribution is -2.15. The van der Waals surface area contributed by atoms with Crippen molar-refractivity contribution in [2.24, 2.45) is 7.05 Å². The number of hydrogen-bond donors (Lipinski definition) is 1. The Hall–Kier alpha value is -3.19. The molecule has 0 atom stereocenters. The first-order chi connectivity index (χ1) is 13.5. The second-order valence-electron chi connectivity index (χ2n) is 6.37. The summed E-state index contributed by atoms with van der Waals surface area (Å²) in [7, 11) is 1.76. The summed E-state index contributed by atoms with van der Waals surface area (Å²) in [6, 6.07) is 15.9. The quantitative estimate of drug-likeness (QED) is 0.522. The first-order valence-corrected chi connectivity index (χ1v) is 9.54. The SMILES string of the molecule is Cc1cc(NC(=O)c2sc3cccc(F)c3c2COc2ccccc2)n(C)n1. The molecule has 4 aromatic rings. The number of para-hydroxylation sites is 1. The molecule has 5 nitrogen and oxygen atoms in total. The van der Waals surface area contributed by atoms with Crippen LogP contribution in [-0.4, -0.2) is 15.7 Å². The largest absolute Gasteiger partial charge is 0.489 e. The van der Waals surface area contributed by atoms with Gasteiger partial charge in [-0.05, 0) is 31.2 Å². The predicted octanol–water partition coefficient (Wildman–Crippen LogP) is 4.91. The second-order valence-corrected chi connectivity index (χ2v) is 7.43. The maximum absolute atomic E-state index is 14.5. The van der Waals surface area contributed by atoms with Gasteiger partial charge in [-0.2, -0.15) is 5.10 Å². The van der Waals surface area contributed by atoms with Crippen LogP contribution in [0.2, 0.25) is 0 Å². The van der Waals surface area contributed by atoms with Gasteiger partial charge in [-0.3, -0.25) is 9.48 Å². The third-order valence-electron chi connectivity index (χ3n) is 4.34. The molecule has 1 amide bonds. The molecule has 0 saturated carbocycles. The van der Waals surface area contributed by atoms with E-state index in [0.717, 1.165) is 5.69 Å². The van der Waals surface area contributed by atoms with E-state index in [0.29, 0.717) is 32.1 Å². The van der Waals surface area contributed by atoms with Crippen LogP contribution in [0.5, 0.6) is 5.75 Å². The molecule has 2 aromatic carbocycles. The van der Waals surface area contributed by atoms with E-state index in [1.54, 1.807) is 29.9 Å². The molecular formula is C21H18FN3O2S. The predicted molar refractivity (Wildman–Crippen MR) is 108 cm³/mol. The summed E-state index contributed by atoms with van der Waals surface area (Å²) in [5, 5.41) is 7.52. The number of nitrogens with zero attached hydrogens (tertiary/aromatic N) is 2. The maximum Gasteiger partial charge on any atom is 0.267 e. The van der Waals surface area contributed by atoms with Crippen LogP contribution in [0.15, 0.2) is 54.6 Å². The number of benzene rings is 2. The summed E-state index contributed by atoms with van der Waals surface area (Å²) in [4.78, 5) is 13.4. The maximum atomic E-state index is 14.5. The molecule has 0 unspecified atom stereocenters. The van der Waals surface area contributed by atoms with Gasteiger partial charge < -0.3 is 10.1 Å². The van der Waals surface area contributed by atoms with Gasteiger partial charge in [-0.15, -0.1) is 11.3 Å². The van der Waals surface area contributed by atoms with Gasteiger partial charge in [0.1, 0.15) is 28.9 Å². The Balaban J connectivity index is 1.71. The Morgan fingerprint density at radius 1 is 1.21 bits per heavy atom. The number of nitrogens with one attached hydrogen (secondary N) is 1. The number of halogens is 1. The molecule has 0 aliphatic rings. The van der Waals surface area contributed by atoms with Crippen molar-refractivity contribution < 1.29 is 13.9 Å². The molecule has 1 N–H and O–H groups in total. The van der Waals surface area contributed by atoms with E-state index in [1.807, 2.05) is 37.3 Å². The van der Waals surface area contributed by atoms with Crippen LogP contribution in [0.1, 0.15) is 20.9 Å². The number of aromatic nitrogens is 2. The van der Waals surface area contributed by atoms with Gasteiger partial charge >= 0.3 is 0 Å². The molecule has 0 aliphatic heterocycles. The van der Waals surface area contributed by atoms with Crippen molar-refractivity contribution in [2.45, 2.75) is 13.5 Å². The lowest BCUT2D eigenvalue weighted by molar-refractivity contribution is 0.102. The number of ether oxygens (including phenoxy) is 1. The van der Waals surface area contributed by atoms with Gasteiger partial charge in [-0.25, -0.2) is 4.39 Å². The number of hydrogen-bond acceptors (Lipinski definition) is 4. The van der Waals surface area contributed by atoms with Crippen molar-refractivity contribution in [1.29, 1.82) is 0 Å². The number of anilines is 1. The van der Waals surface area contributed by atoms with Crippen molar-refractivity contribution in [3.05, 3.63) is 76.5 Å². The van der Waals surface area contributed by atoms with Crippen molar-refractivity contribution in [1.82, 2.24) is 9.78 Å². The minimum atomic E-state index is -0.365. The molecule has 0 saturated heterocycles. The van der Waals surface area contributed by atoms with Gasteiger partial charge in [0.15, 0.2) is 0 Å². The molecule has 28 heavy (non-hydrogen) atoms. The molecule has 0 spiro atoms. The van der Waals surface area contributed by atoms with Crippen LogP contribution in [-0.2, 0) is 13.7 Å². The van der Waals surface area contributed by atoms with E-state index >= 15 is 0 Å². The highest BCUT2D eigenvalue weighted by molar-refractivity contribution is 7.21. The molecule has 2 aromatic heterocycles. The van der Waals surface area contributed by atoms with Gasteiger partial charge in [0.05, 0.1) is 5.69 Å². The monoisotopic (exact) mass is 395 g/mol. The average molecular weight is 395 g/mol. The molecule has 0 aliphatic carbocycles. The number of carbonyl (C=O) groups excluding carboxylic acids is 1. The Kier molecular flexibility index (Phi) is 4.83. The zero-order valence-electron chi connectivity index (χ0n) is 15.4. The molecule has 142 valence electrons. The van der Waals surface area contributed by atoms with Crippen LogP contribution < -0.4 is 10.1 Å². The minimum Gasteiger partial charge on any atom is -0.489 e. The topological polar surface area (TPSA) is 56.1 Å². The summed E-state index contributed by atoms with van der Waals surface area (Å²) in [6.45, 7) is 1.95.